The minimum Gasteiger partial charge on any atom is -0.493 e. The summed E-state index contributed by atoms with van der Waals surface area (Å²) in [7, 11) is 0. The zero-order chi connectivity index (χ0) is 21.0. The predicted molar refractivity (Wildman–Crippen MR) is 123 cm³/mol. The molecule has 2 bridgehead atoms. The van der Waals surface area contributed by atoms with Gasteiger partial charge in [0.05, 0.1) is 18.8 Å². The minimum atomic E-state index is -0.702. The van der Waals surface area contributed by atoms with Crippen LogP contribution in [0, 0.1) is 11.8 Å². The number of hydrogen-bond acceptors (Lipinski definition) is 4. The van der Waals surface area contributed by atoms with Crippen LogP contribution in [-0.4, -0.2) is 41.4 Å². The van der Waals surface area contributed by atoms with Gasteiger partial charge in [0.1, 0.15) is 5.75 Å². The fraction of sp³-hybridized carbons (Fsp3) is 0.640. The first-order valence-electron chi connectivity index (χ1n) is 11.5. The van der Waals surface area contributed by atoms with Gasteiger partial charge in [-0.1, -0.05) is 36.8 Å². The Bertz CT molecular complexity index is 648. The molecule has 3 rings (SSSR count). The zero-order valence-corrected chi connectivity index (χ0v) is 18.7. The molecule has 1 aromatic carbocycles. The quantitative estimate of drug-likeness (QED) is 0.274. The molecular formula is C25H36O4S. The van der Waals surface area contributed by atoms with Gasteiger partial charge in [-0.25, -0.2) is 0 Å². The fourth-order valence-electron chi connectivity index (χ4n) is 4.76. The topological polar surface area (TPSA) is 55.8 Å². The molecule has 2 saturated heterocycles. The average molecular weight is 433 g/mol. The van der Waals surface area contributed by atoms with Gasteiger partial charge >= 0.3 is 5.97 Å². The SMILES string of the molecule is O=C(O)CCCC=CC[C@@H]1[C@H](CCCCSCCOc2ccccc2)[C@@H]2CC[C@H]1O2. The highest BCUT2D eigenvalue weighted by Gasteiger charge is 2.47. The van der Waals surface area contributed by atoms with Gasteiger partial charge in [0, 0.05) is 12.2 Å². The number of carbonyl (C=O) groups is 1. The molecule has 2 aliphatic heterocycles. The molecular weight excluding hydrogens is 396 g/mol. The summed E-state index contributed by atoms with van der Waals surface area (Å²) in [6.07, 6.45) is 14.6. The second kappa shape index (κ2) is 13.1. The van der Waals surface area contributed by atoms with Crippen LogP contribution in [0.25, 0.3) is 0 Å². The molecule has 5 heteroatoms. The van der Waals surface area contributed by atoms with Gasteiger partial charge < -0.3 is 14.6 Å². The van der Waals surface area contributed by atoms with Crippen molar-refractivity contribution >= 4 is 17.7 Å². The van der Waals surface area contributed by atoms with E-state index in [1.807, 2.05) is 42.1 Å². The molecule has 1 N–H and O–H groups in total. The maximum absolute atomic E-state index is 10.6. The van der Waals surface area contributed by atoms with E-state index in [0.717, 1.165) is 37.4 Å². The summed E-state index contributed by atoms with van der Waals surface area (Å²) in [5, 5.41) is 8.71. The number of allylic oxidation sites excluding steroid dienone is 2. The van der Waals surface area contributed by atoms with Crippen LogP contribution >= 0.6 is 11.8 Å². The highest BCUT2D eigenvalue weighted by atomic mass is 32.2. The number of para-hydroxylation sites is 1. The maximum atomic E-state index is 10.6. The van der Waals surface area contributed by atoms with Crippen molar-refractivity contribution in [1.29, 1.82) is 0 Å². The van der Waals surface area contributed by atoms with Crippen LogP contribution in [0.2, 0.25) is 0 Å². The third-order valence-electron chi connectivity index (χ3n) is 6.24. The fourth-order valence-corrected chi connectivity index (χ4v) is 5.57. The lowest BCUT2D eigenvalue weighted by Gasteiger charge is -2.27. The number of benzene rings is 1. The van der Waals surface area contributed by atoms with Crippen LogP contribution in [-0.2, 0) is 9.53 Å². The number of unbranched alkanes of at least 4 members (excludes halogenated alkanes) is 2. The molecule has 1 aromatic rings. The molecule has 2 aliphatic rings. The summed E-state index contributed by atoms with van der Waals surface area (Å²) < 4.78 is 12.0. The molecule has 4 nitrogen and oxygen atoms in total. The Morgan fingerprint density at radius 1 is 1.07 bits per heavy atom. The molecule has 2 fully saturated rings. The van der Waals surface area contributed by atoms with E-state index >= 15 is 0 Å². The summed E-state index contributed by atoms with van der Waals surface area (Å²) in [5.41, 5.74) is 0. The third kappa shape index (κ3) is 7.66. The number of carboxylic acid groups (broad SMARTS) is 1. The maximum Gasteiger partial charge on any atom is 0.303 e. The van der Waals surface area contributed by atoms with E-state index in [0.29, 0.717) is 24.0 Å². The Balaban J connectivity index is 1.25. The number of ether oxygens (including phenoxy) is 2. The number of fused-ring (bicyclic) bond motifs is 2. The summed E-state index contributed by atoms with van der Waals surface area (Å²) >= 11 is 1.99. The van der Waals surface area contributed by atoms with Gasteiger partial charge in [-0.2, -0.15) is 11.8 Å². The lowest BCUT2D eigenvalue weighted by atomic mass is 9.75. The Morgan fingerprint density at radius 2 is 1.87 bits per heavy atom. The highest BCUT2D eigenvalue weighted by Crippen LogP contribution is 2.47. The highest BCUT2D eigenvalue weighted by molar-refractivity contribution is 7.99. The monoisotopic (exact) mass is 432 g/mol. The van der Waals surface area contributed by atoms with Crippen molar-refractivity contribution in [2.24, 2.45) is 11.8 Å². The normalized spacial score (nSPS) is 25.2. The van der Waals surface area contributed by atoms with Gasteiger partial charge in [0.2, 0.25) is 0 Å². The van der Waals surface area contributed by atoms with Crippen molar-refractivity contribution in [2.75, 3.05) is 18.1 Å². The van der Waals surface area contributed by atoms with E-state index in [-0.39, 0.29) is 6.42 Å². The minimum absolute atomic E-state index is 0.264. The first kappa shape index (κ1) is 23.2. The van der Waals surface area contributed by atoms with Crippen LogP contribution in [0.1, 0.15) is 57.8 Å². The molecule has 0 amide bonds. The standard InChI is InChI=1S/C25H36O4S/c26-25(27)14-7-2-1-6-12-21-22(24-16-15-23(21)29-24)13-8-9-18-30-19-17-28-20-10-4-3-5-11-20/h1,3-6,10-11,21-24H,2,7-9,12-19H2,(H,26,27)/t21-,22+,23-,24+/m1/s1. The molecule has 4 atom stereocenters. The second-order valence-electron chi connectivity index (χ2n) is 8.38. The number of hydrogen-bond donors (Lipinski definition) is 1. The first-order chi connectivity index (χ1) is 14.7. The molecule has 0 radical (unpaired) electrons. The number of carboxylic acids is 1. The van der Waals surface area contributed by atoms with E-state index in [1.165, 1.54) is 37.9 Å². The van der Waals surface area contributed by atoms with Gasteiger partial charge in [-0.05, 0) is 74.7 Å². The first-order valence-corrected chi connectivity index (χ1v) is 12.7. The van der Waals surface area contributed by atoms with E-state index in [4.69, 9.17) is 14.6 Å². The van der Waals surface area contributed by atoms with E-state index in [1.54, 1.807) is 0 Å². The molecule has 0 spiro atoms. The van der Waals surface area contributed by atoms with E-state index < -0.39 is 5.97 Å². The lowest BCUT2D eigenvalue weighted by molar-refractivity contribution is -0.137. The van der Waals surface area contributed by atoms with E-state index in [2.05, 4.69) is 12.2 Å². The number of thioether (sulfide) groups is 1. The molecule has 166 valence electrons. The van der Waals surface area contributed by atoms with Crippen LogP contribution < -0.4 is 4.74 Å². The van der Waals surface area contributed by atoms with Crippen molar-refractivity contribution < 1.29 is 19.4 Å². The van der Waals surface area contributed by atoms with Gasteiger partial charge in [-0.3, -0.25) is 4.79 Å². The summed E-state index contributed by atoms with van der Waals surface area (Å²) in [6, 6.07) is 10.0. The van der Waals surface area contributed by atoms with Crippen molar-refractivity contribution in [1.82, 2.24) is 0 Å². The lowest BCUT2D eigenvalue weighted by Crippen LogP contribution is -2.26. The average Bonchev–Trinajstić information content (AvgIpc) is 3.35. The zero-order valence-electron chi connectivity index (χ0n) is 17.9. The smallest absolute Gasteiger partial charge is 0.303 e. The van der Waals surface area contributed by atoms with Crippen molar-refractivity contribution in [2.45, 2.75) is 70.0 Å². The van der Waals surface area contributed by atoms with E-state index in [9.17, 15) is 4.79 Å². The van der Waals surface area contributed by atoms with Crippen molar-refractivity contribution in [3.63, 3.8) is 0 Å². The largest absolute Gasteiger partial charge is 0.493 e. The van der Waals surface area contributed by atoms with Crippen LogP contribution in [0.4, 0.5) is 0 Å². The van der Waals surface area contributed by atoms with Gasteiger partial charge in [0.15, 0.2) is 0 Å². The third-order valence-corrected chi connectivity index (χ3v) is 7.28. The van der Waals surface area contributed by atoms with Gasteiger partial charge in [-0.15, -0.1) is 0 Å². The Labute approximate surface area is 185 Å². The summed E-state index contributed by atoms with van der Waals surface area (Å²) in [6.45, 7) is 0.774. The van der Waals surface area contributed by atoms with Crippen molar-refractivity contribution in [3.05, 3.63) is 42.5 Å². The molecule has 0 unspecified atom stereocenters. The predicted octanol–water partition coefficient (Wildman–Crippen LogP) is 5.96. The molecule has 0 aliphatic carbocycles. The Morgan fingerprint density at radius 3 is 2.67 bits per heavy atom. The van der Waals surface area contributed by atoms with Crippen LogP contribution in [0.3, 0.4) is 0 Å². The van der Waals surface area contributed by atoms with Gasteiger partial charge in [0.25, 0.3) is 0 Å². The Kier molecular flexibility index (Phi) is 10.1. The summed E-state index contributed by atoms with van der Waals surface area (Å²) in [5.74, 6) is 3.86. The van der Waals surface area contributed by atoms with Crippen LogP contribution in [0.15, 0.2) is 42.5 Å². The molecule has 0 aromatic heterocycles. The number of aliphatic carboxylic acids is 1. The van der Waals surface area contributed by atoms with Crippen molar-refractivity contribution in [3.8, 4) is 5.75 Å². The molecule has 30 heavy (non-hydrogen) atoms. The molecule has 0 saturated carbocycles. The Hall–Kier alpha value is -1.46. The van der Waals surface area contributed by atoms with Crippen LogP contribution in [0.5, 0.6) is 5.75 Å². The summed E-state index contributed by atoms with van der Waals surface area (Å²) in [4.78, 5) is 10.6. The molecule has 2 heterocycles. The second-order valence-corrected chi connectivity index (χ2v) is 9.61. The number of rotatable bonds is 15.